The maximum atomic E-state index is 4.71. The van der Waals surface area contributed by atoms with E-state index in [0.29, 0.717) is 0 Å². The normalized spacial score (nSPS) is 12.1. The molecule has 0 saturated carbocycles. The van der Waals surface area contributed by atoms with Crippen molar-refractivity contribution < 1.29 is 0 Å². The van der Waals surface area contributed by atoms with Gasteiger partial charge in [0.2, 0.25) is 0 Å². The summed E-state index contributed by atoms with van der Waals surface area (Å²) in [6.07, 6.45) is 0. The summed E-state index contributed by atoms with van der Waals surface area (Å²) in [7, 11) is 0. The number of nitrogens with zero attached hydrogens (tertiary/aromatic N) is 1. The quantitative estimate of drug-likeness (QED) is 0.635. The van der Waals surface area contributed by atoms with Crippen molar-refractivity contribution in [2.75, 3.05) is 0 Å². The lowest BCUT2D eigenvalue weighted by Gasteiger charge is -2.01. The zero-order valence-electron chi connectivity index (χ0n) is 12.1. The summed E-state index contributed by atoms with van der Waals surface area (Å²) in [6, 6.07) is 16.6. The standard InChI is InChI=1S/C18H18N2/c1-12-8-10-15(11-9-12)19-14(3)18-13(2)16-6-4-5-7-17(16)20-18/h4-11,20H,1-3H3. The Balaban J connectivity index is 2.05. The second-order valence-electron chi connectivity index (χ2n) is 5.20. The minimum absolute atomic E-state index is 0.992. The lowest BCUT2D eigenvalue weighted by molar-refractivity contribution is 1.34. The molecule has 0 aliphatic carbocycles. The van der Waals surface area contributed by atoms with Crippen LogP contribution in [0.15, 0.2) is 53.5 Å². The Labute approximate surface area is 119 Å². The second-order valence-corrected chi connectivity index (χ2v) is 5.20. The molecule has 0 aliphatic heterocycles. The zero-order chi connectivity index (χ0) is 14.1. The average Bonchev–Trinajstić information content (AvgIpc) is 2.79. The highest BCUT2D eigenvalue weighted by molar-refractivity contribution is 6.04. The molecule has 0 aliphatic rings. The summed E-state index contributed by atoms with van der Waals surface area (Å²) in [6.45, 7) is 6.28. The summed E-state index contributed by atoms with van der Waals surface area (Å²) in [5.41, 5.74) is 6.80. The van der Waals surface area contributed by atoms with E-state index < -0.39 is 0 Å². The van der Waals surface area contributed by atoms with Crippen molar-refractivity contribution in [2.24, 2.45) is 4.99 Å². The molecule has 1 heterocycles. The number of para-hydroxylation sites is 1. The van der Waals surface area contributed by atoms with Crippen molar-refractivity contribution in [1.29, 1.82) is 0 Å². The maximum Gasteiger partial charge on any atom is 0.0636 e. The monoisotopic (exact) mass is 262 g/mol. The van der Waals surface area contributed by atoms with Crippen LogP contribution in [-0.2, 0) is 0 Å². The fraction of sp³-hybridized carbons (Fsp3) is 0.167. The first-order valence-electron chi connectivity index (χ1n) is 6.85. The minimum atomic E-state index is 0.992. The van der Waals surface area contributed by atoms with Gasteiger partial charge in [-0.15, -0.1) is 0 Å². The average molecular weight is 262 g/mol. The molecule has 0 fully saturated rings. The van der Waals surface area contributed by atoms with Gasteiger partial charge in [-0.05, 0) is 44.5 Å². The summed E-state index contributed by atoms with van der Waals surface area (Å²) in [5, 5.41) is 1.26. The summed E-state index contributed by atoms with van der Waals surface area (Å²) in [5.74, 6) is 0. The van der Waals surface area contributed by atoms with E-state index in [2.05, 4.69) is 74.3 Å². The van der Waals surface area contributed by atoms with Crippen LogP contribution in [0.1, 0.15) is 23.7 Å². The molecule has 1 aromatic heterocycles. The number of benzene rings is 2. The largest absolute Gasteiger partial charge is 0.353 e. The molecule has 3 aromatic rings. The molecule has 20 heavy (non-hydrogen) atoms. The van der Waals surface area contributed by atoms with Gasteiger partial charge in [0.25, 0.3) is 0 Å². The summed E-state index contributed by atoms with van der Waals surface area (Å²) < 4.78 is 0. The first kappa shape index (κ1) is 12.7. The molecular formula is C18H18N2. The molecule has 3 rings (SSSR count). The van der Waals surface area contributed by atoms with Crippen LogP contribution in [0, 0.1) is 13.8 Å². The number of hydrogen-bond acceptors (Lipinski definition) is 1. The highest BCUT2D eigenvalue weighted by atomic mass is 14.8. The van der Waals surface area contributed by atoms with E-state index in [1.54, 1.807) is 0 Å². The van der Waals surface area contributed by atoms with Crippen molar-refractivity contribution in [3.05, 3.63) is 65.4 Å². The first-order chi connectivity index (χ1) is 9.65. The van der Waals surface area contributed by atoms with Crippen molar-refractivity contribution in [3.63, 3.8) is 0 Å². The van der Waals surface area contributed by atoms with Gasteiger partial charge in [-0.2, -0.15) is 0 Å². The molecule has 2 aromatic carbocycles. The van der Waals surface area contributed by atoms with Gasteiger partial charge in [-0.3, -0.25) is 4.99 Å². The van der Waals surface area contributed by atoms with E-state index in [-0.39, 0.29) is 0 Å². The van der Waals surface area contributed by atoms with E-state index in [1.807, 2.05) is 0 Å². The fourth-order valence-corrected chi connectivity index (χ4v) is 2.51. The van der Waals surface area contributed by atoms with Crippen LogP contribution in [0.25, 0.3) is 10.9 Å². The molecule has 1 N–H and O–H groups in total. The summed E-state index contributed by atoms with van der Waals surface area (Å²) >= 11 is 0. The van der Waals surface area contributed by atoms with Crippen molar-refractivity contribution in [1.82, 2.24) is 4.98 Å². The van der Waals surface area contributed by atoms with Crippen LogP contribution in [0.3, 0.4) is 0 Å². The number of aromatic nitrogens is 1. The van der Waals surface area contributed by atoms with Crippen LogP contribution in [-0.4, -0.2) is 10.7 Å². The Hall–Kier alpha value is -2.35. The van der Waals surface area contributed by atoms with Gasteiger partial charge in [0.15, 0.2) is 0 Å². The Morgan fingerprint density at radius 1 is 0.950 bits per heavy atom. The lowest BCUT2D eigenvalue weighted by Crippen LogP contribution is -1.96. The highest BCUT2D eigenvalue weighted by Gasteiger charge is 2.09. The molecular weight excluding hydrogens is 244 g/mol. The number of H-pyrrole nitrogens is 1. The van der Waals surface area contributed by atoms with E-state index >= 15 is 0 Å². The Bertz CT molecular complexity index is 777. The van der Waals surface area contributed by atoms with E-state index in [0.717, 1.165) is 17.1 Å². The van der Waals surface area contributed by atoms with Gasteiger partial charge in [0.1, 0.15) is 0 Å². The Morgan fingerprint density at radius 2 is 1.65 bits per heavy atom. The van der Waals surface area contributed by atoms with Crippen LogP contribution >= 0.6 is 0 Å². The van der Waals surface area contributed by atoms with Crippen LogP contribution in [0.5, 0.6) is 0 Å². The smallest absolute Gasteiger partial charge is 0.0636 e. The Kier molecular flexibility index (Phi) is 3.15. The van der Waals surface area contributed by atoms with Crippen LogP contribution < -0.4 is 0 Å². The first-order valence-corrected chi connectivity index (χ1v) is 6.85. The van der Waals surface area contributed by atoms with Gasteiger partial charge in [0.05, 0.1) is 17.1 Å². The van der Waals surface area contributed by atoms with E-state index in [1.165, 1.54) is 22.0 Å². The maximum absolute atomic E-state index is 4.71. The fourth-order valence-electron chi connectivity index (χ4n) is 2.51. The van der Waals surface area contributed by atoms with E-state index in [4.69, 9.17) is 4.99 Å². The van der Waals surface area contributed by atoms with Gasteiger partial charge >= 0.3 is 0 Å². The van der Waals surface area contributed by atoms with Gasteiger partial charge < -0.3 is 4.98 Å². The molecule has 2 heteroatoms. The third kappa shape index (κ3) is 2.25. The third-order valence-corrected chi connectivity index (χ3v) is 3.66. The summed E-state index contributed by atoms with van der Waals surface area (Å²) in [4.78, 5) is 8.18. The van der Waals surface area contributed by atoms with Gasteiger partial charge in [-0.1, -0.05) is 35.9 Å². The number of aliphatic imine (C=N–C) groups is 1. The third-order valence-electron chi connectivity index (χ3n) is 3.66. The van der Waals surface area contributed by atoms with Crippen molar-refractivity contribution >= 4 is 22.3 Å². The topological polar surface area (TPSA) is 28.1 Å². The predicted molar refractivity (Wildman–Crippen MR) is 86.1 cm³/mol. The number of hydrogen-bond donors (Lipinski definition) is 1. The van der Waals surface area contributed by atoms with E-state index in [9.17, 15) is 0 Å². The number of nitrogens with one attached hydrogen (secondary N) is 1. The highest BCUT2D eigenvalue weighted by Crippen LogP contribution is 2.23. The number of aryl methyl sites for hydroxylation is 2. The molecule has 2 nitrogen and oxygen atoms in total. The van der Waals surface area contributed by atoms with Crippen LogP contribution in [0.4, 0.5) is 5.69 Å². The van der Waals surface area contributed by atoms with Crippen LogP contribution in [0.2, 0.25) is 0 Å². The molecule has 0 spiro atoms. The Morgan fingerprint density at radius 3 is 2.35 bits per heavy atom. The molecule has 0 atom stereocenters. The molecule has 0 amide bonds. The van der Waals surface area contributed by atoms with Crippen molar-refractivity contribution in [2.45, 2.75) is 20.8 Å². The number of aromatic amines is 1. The zero-order valence-corrected chi connectivity index (χ0v) is 12.1. The lowest BCUT2D eigenvalue weighted by atomic mass is 10.1. The predicted octanol–water partition coefficient (Wildman–Crippen LogP) is 4.93. The number of rotatable bonds is 2. The second kappa shape index (κ2) is 4.97. The molecule has 0 unspecified atom stereocenters. The molecule has 100 valence electrons. The van der Waals surface area contributed by atoms with Crippen molar-refractivity contribution in [3.8, 4) is 0 Å². The molecule has 0 bridgehead atoms. The van der Waals surface area contributed by atoms with Gasteiger partial charge in [0, 0.05) is 10.9 Å². The molecule has 0 radical (unpaired) electrons. The number of fused-ring (bicyclic) bond motifs is 1. The minimum Gasteiger partial charge on any atom is -0.353 e. The molecule has 0 saturated heterocycles. The van der Waals surface area contributed by atoms with Gasteiger partial charge in [-0.25, -0.2) is 0 Å². The SMILES string of the molecule is CC(=Nc1ccc(C)cc1)c1[nH]c2ccccc2c1C.